The van der Waals surface area contributed by atoms with Crippen LogP contribution in [0.15, 0.2) is 95.4 Å². The van der Waals surface area contributed by atoms with Crippen LogP contribution in [0.4, 0.5) is 0 Å². The van der Waals surface area contributed by atoms with Gasteiger partial charge in [-0.3, -0.25) is 83.6 Å². The minimum absolute atomic E-state index is 0.0874. The summed E-state index contributed by atoms with van der Waals surface area (Å²) >= 11 is 0. The fourth-order valence-corrected chi connectivity index (χ4v) is 8.29. The number of rotatable bonds is 6. The maximum absolute atomic E-state index is 12.3. The molecule has 480 valence electrons. The van der Waals surface area contributed by atoms with Crippen molar-refractivity contribution in [2.75, 3.05) is 0 Å². The number of fused-ring (bicyclic) bond motifs is 6. The molecule has 0 saturated heterocycles. The van der Waals surface area contributed by atoms with Crippen LogP contribution in [0.1, 0.15) is 89.5 Å². The van der Waals surface area contributed by atoms with E-state index in [4.69, 9.17) is 48.0 Å². The number of hydrogen-bond donors (Lipinski definition) is 0. The molecule has 0 radical (unpaired) electrons. The van der Waals surface area contributed by atoms with Gasteiger partial charge in [-0.2, -0.15) is 0 Å². The van der Waals surface area contributed by atoms with E-state index in [9.17, 15) is 57.5 Å². The van der Waals surface area contributed by atoms with Gasteiger partial charge in [0.2, 0.25) is 0 Å². The first-order valence-corrected chi connectivity index (χ1v) is 24.9. The van der Waals surface area contributed by atoms with Gasteiger partial charge in [-0.25, -0.2) is 58.7 Å². The van der Waals surface area contributed by atoms with Gasteiger partial charge in [0.15, 0.2) is 67.0 Å². The molecule has 36 nitrogen and oxygen atoms in total. The molecule has 0 amide bonds. The quantitative estimate of drug-likeness (QED) is 0.158. The molecule has 0 aromatic carbocycles. The van der Waals surface area contributed by atoms with Gasteiger partial charge in [0.1, 0.15) is 4.11 Å². The molecule has 12 aromatic heterocycles. The molecule has 0 spiro atoms. The maximum Gasteiger partial charge on any atom is 0.332 e. The lowest BCUT2D eigenvalue weighted by molar-refractivity contribution is 0.635. The van der Waals surface area contributed by atoms with Crippen LogP contribution in [0.3, 0.4) is 0 Å². The third-order valence-electron chi connectivity index (χ3n) is 12.7. The SMILES string of the molecule is [2H]C([2H])([2H])n1c(=O)n(C([2H])([2H])C)c(=O)c2c1ncn2C.[2H]C([2H])([2H])n1cnc2c1c(=O)n(C([2H])([2H])C)c(=O)n2C.[2H]C([2H])([2H])n1cnc2c1c(=O)n(CC)c(=O)n2C([2H])([2H])[2H].[2H]c1nc2c(c(=O)n(C([2H])([2H])C)c(=O)n2C([2H])([2H])[2H])n1C.[2H]c1nc2c(c(=O)n(C([2H])([2H])C)c(=O)n2C)n1C([2H])([2H])[2H].[2H]c1nc2c(c(=O)n(CC)c(=O)n2C([2H])([2H])[2H])n1C([2H])([2H])[2H]. The standard InChI is InChI=1S/6C9H12N4O2/c6*1-4-13-8(14)6-7(10-5-11(6)2)12(3)9(13)15/h6*5H,4H2,1-3H3/i3D3,4D2,5D;2D3,4D2,5D;2D3,3D3,5D;3D3,4D2;2D3,4D2;2D3,3D3. The molecule has 0 bridgehead atoms. The lowest BCUT2D eigenvalue weighted by Gasteiger charge is -2.05. The van der Waals surface area contributed by atoms with Crippen LogP contribution < -0.4 is 67.5 Å². The average molecular weight is 1280 g/mol. The Hall–Kier alpha value is -11.1. The molecule has 0 fully saturated rings. The highest BCUT2D eigenvalue weighted by molar-refractivity contribution is 5.73. The largest absolute Gasteiger partial charge is 0.332 e. The molecule has 0 aliphatic rings. The molecular weight excluding hydrogens is 1180 g/mol. The molecule has 0 aliphatic heterocycles. The van der Waals surface area contributed by atoms with Crippen molar-refractivity contribution in [3.05, 3.63) is 163 Å². The monoisotopic (exact) mass is 1280 g/mol. The van der Waals surface area contributed by atoms with E-state index in [2.05, 4.69) is 29.9 Å². The van der Waals surface area contributed by atoms with Crippen LogP contribution in [-0.2, 0) is 123 Å². The Kier molecular flexibility index (Phi) is 9.65. The fraction of sp³-hybridized carbons (Fsp3) is 0.444. The highest BCUT2D eigenvalue weighted by atomic mass is 16.2. The van der Waals surface area contributed by atoms with Crippen molar-refractivity contribution >= 4 is 67.0 Å². The Balaban J connectivity index is 0.000000206. The van der Waals surface area contributed by atoms with E-state index in [-0.39, 0.29) is 64.8 Å². The number of imidazole rings is 6. The Morgan fingerprint density at radius 2 is 0.522 bits per heavy atom. The zero-order valence-corrected chi connectivity index (χ0v) is 48.3. The van der Waals surface area contributed by atoms with E-state index >= 15 is 0 Å². The number of nitrogens with zero attached hydrogens (tertiary/aromatic N) is 24. The first kappa shape index (κ1) is 33.3. The summed E-state index contributed by atoms with van der Waals surface area (Å²) in [5.74, 6) is 0. The topological polar surface area (TPSA) is 371 Å². The summed E-state index contributed by atoms with van der Waals surface area (Å²) in [6, 6.07) is 0. The predicted octanol–water partition coefficient (Wildman–Crippen LogP) is -3.28. The van der Waals surface area contributed by atoms with Gasteiger partial charge >= 0.3 is 34.1 Å². The Bertz CT molecular complexity index is 7090. The number of aryl methyl sites for hydroxylation is 12. The summed E-state index contributed by atoms with van der Waals surface area (Å²) < 4.78 is 270. The highest BCUT2D eigenvalue weighted by Gasteiger charge is 2.19. The van der Waals surface area contributed by atoms with E-state index < -0.39 is 202 Å². The Labute approximate surface area is 555 Å². The minimum Gasteiger partial charge on any atom is -0.328 e. The first-order valence-electron chi connectivity index (χ1n) is 42.4. The van der Waals surface area contributed by atoms with Crippen LogP contribution in [0.25, 0.3) is 67.0 Å². The van der Waals surface area contributed by atoms with Crippen LogP contribution in [0, 0.1) is 0 Å². The molecule has 12 heterocycles. The van der Waals surface area contributed by atoms with Gasteiger partial charge in [0, 0.05) is 167 Å². The second-order valence-corrected chi connectivity index (χ2v) is 17.7. The van der Waals surface area contributed by atoms with Crippen molar-refractivity contribution in [1.82, 2.24) is 112 Å². The molecule has 90 heavy (non-hydrogen) atoms. The fourth-order valence-electron chi connectivity index (χ4n) is 8.29. The molecule has 12 aromatic rings. The second-order valence-electron chi connectivity index (χ2n) is 17.7. The molecule has 0 N–H and O–H groups in total. The van der Waals surface area contributed by atoms with Crippen LogP contribution in [-0.4, -0.2) is 112 Å². The summed E-state index contributed by atoms with van der Waals surface area (Å²) in [6.45, 7) is -25.4. The minimum atomic E-state index is -2.97. The third-order valence-corrected chi connectivity index (χ3v) is 12.7. The van der Waals surface area contributed by atoms with Gasteiger partial charge in [-0.15, -0.1) is 0 Å². The number of aromatic nitrogens is 24. The smallest absolute Gasteiger partial charge is 0.328 e. The first-order chi connectivity index (χ1) is 56.1. The molecule has 0 atom stereocenters. The van der Waals surface area contributed by atoms with Crippen molar-refractivity contribution in [1.29, 1.82) is 0 Å². The van der Waals surface area contributed by atoms with Crippen LogP contribution >= 0.6 is 0 Å². The van der Waals surface area contributed by atoms with Gasteiger partial charge in [-0.1, -0.05) is 0 Å². The Morgan fingerprint density at radius 3 is 0.822 bits per heavy atom. The zero-order valence-electron chi connectivity index (χ0n) is 83.3. The van der Waals surface area contributed by atoms with Crippen LogP contribution in [0.2, 0.25) is 0 Å². The third kappa shape index (κ3) is 11.2. The number of hydrogen-bond acceptors (Lipinski definition) is 18. The summed E-state index contributed by atoms with van der Waals surface area (Å²) in [7, 11) is 5.29. The van der Waals surface area contributed by atoms with Crippen LogP contribution in [0.5, 0.6) is 0 Å². The maximum atomic E-state index is 12.3. The molecular formula is C54H72N24O12. The summed E-state index contributed by atoms with van der Waals surface area (Å²) in [5, 5.41) is 0. The predicted molar refractivity (Wildman–Crippen MR) is 335 cm³/mol. The Morgan fingerprint density at radius 1 is 0.300 bits per heavy atom. The van der Waals surface area contributed by atoms with E-state index in [0.29, 0.717) is 45.7 Å². The van der Waals surface area contributed by atoms with Gasteiger partial charge < -0.3 is 27.4 Å². The summed E-state index contributed by atoms with van der Waals surface area (Å²) in [5.41, 5.74) is -17.2. The molecule has 0 aliphatic carbocycles. The molecule has 0 saturated carbocycles. The van der Waals surface area contributed by atoms with E-state index in [1.54, 1.807) is 0 Å². The molecule has 36 heteroatoms. The normalized spacial score (nSPS) is 18.6. The van der Waals surface area contributed by atoms with Crippen molar-refractivity contribution in [3.63, 3.8) is 0 Å². The van der Waals surface area contributed by atoms with Gasteiger partial charge in [-0.05, 0) is 41.5 Å². The van der Waals surface area contributed by atoms with E-state index in [1.165, 1.54) is 52.9 Å². The van der Waals surface area contributed by atoms with Gasteiger partial charge in [0.05, 0.1) is 37.9 Å². The molecule has 0 unspecified atom stereocenters. The summed E-state index contributed by atoms with van der Waals surface area (Å²) in [6.07, 6.45) is 1.04. The van der Waals surface area contributed by atoms with E-state index in [1.807, 2.05) is 0 Å². The van der Waals surface area contributed by atoms with Gasteiger partial charge in [0.25, 0.3) is 33.4 Å². The summed E-state index contributed by atoms with van der Waals surface area (Å²) in [4.78, 5) is 168. The average Bonchev–Trinajstić information content (AvgIpc) is 1.60. The lowest BCUT2D eigenvalue weighted by atomic mass is 10.5. The van der Waals surface area contributed by atoms with Crippen molar-refractivity contribution in [2.45, 2.75) is 80.6 Å². The lowest BCUT2D eigenvalue weighted by Crippen LogP contribution is -2.39. The second kappa shape index (κ2) is 26.1. The zero-order chi connectivity index (χ0) is 96.8. The van der Waals surface area contributed by atoms with E-state index in [0.717, 1.165) is 54.1 Å². The van der Waals surface area contributed by atoms with Crippen molar-refractivity contribution in [3.8, 4) is 0 Å². The highest BCUT2D eigenvalue weighted by Crippen LogP contribution is 2.07. The van der Waals surface area contributed by atoms with Crippen molar-refractivity contribution in [2.24, 2.45) is 84.0 Å². The molecule has 12 rings (SSSR count). The van der Waals surface area contributed by atoms with Crippen molar-refractivity contribution < 1.29 is 48.0 Å².